The van der Waals surface area contributed by atoms with Crippen molar-refractivity contribution in [3.8, 4) is 5.75 Å². The molecule has 7 nitrogen and oxygen atoms in total. The summed E-state index contributed by atoms with van der Waals surface area (Å²) in [6.07, 6.45) is 1.73. The second-order valence-corrected chi connectivity index (χ2v) is 6.41. The van der Waals surface area contributed by atoms with Gasteiger partial charge in [0.15, 0.2) is 6.61 Å². The molecule has 0 aliphatic carbocycles. The van der Waals surface area contributed by atoms with Gasteiger partial charge in [-0.2, -0.15) is 0 Å². The predicted molar refractivity (Wildman–Crippen MR) is 73.7 cm³/mol. The third-order valence-corrected chi connectivity index (χ3v) is 4.46. The lowest BCUT2D eigenvalue weighted by Crippen LogP contribution is -2.31. The van der Waals surface area contributed by atoms with Gasteiger partial charge in [-0.25, -0.2) is 17.9 Å². The van der Waals surface area contributed by atoms with Gasteiger partial charge in [-0.3, -0.25) is 0 Å². The molecular weight excluding hydrogens is 298 g/mol. The van der Waals surface area contributed by atoms with E-state index in [2.05, 4.69) is 4.72 Å². The number of hydrogen-bond donors (Lipinski definition) is 2. The number of hydrogen-bond acceptors (Lipinski definition) is 5. The Morgan fingerprint density at radius 2 is 2.10 bits per heavy atom. The highest BCUT2D eigenvalue weighted by Crippen LogP contribution is 2.17. The molecule has 1 aliphatic heterocycles. The molecule has 0 saturated carbocycles. The highest BCUT2D eigenvalue weighted by molar-refractivity contribution is 7.89. The molecule has 0 aromatic heterocycles. The van der Waals surface area contributed by atoms with Crippen LogP contribution in [0.2, 0.25) is 0 Å². The third kappa shape index (κ3) is 4.69. The Morgan fingerprint density at radius 3 is 2.67 bits per heavy atom. The van der Waals surface area contributed by atoms with E-state index in [1.54, 1.807) is 0 Å². The van der Waals surface area contributed by atoms with E-state index in [9.17, 15) is 13.2 Å². The minimum Gasteiger partial charge on any atom is -0.482 e. The van der Waals surface area contributed by atoms with Gasteiger partial charge in [-0.1, -0.05) is 0 Å². The Kier molecular flexibility index (Phi) is 5.16. The summed E-state index contributed by atoms with van der Waals surface area (Å²) < 4.78 is 36.9. The molecule has 1 aromatic carbocycles. The van der Waals surface area contributed by atoms with E-state index in [1.807, 2.05) is 0 Å². The molecule has 8 heteroatoms. The Balaban J connectivity index is 1.94. The highest BCUT2D eigenvalue weighted by Gasteiger charge is 2.20. The van der Waals surface area contributed by atoms with Crippen molar-refractivity contribution in [3.63, 3.8) is 0 Å². The molecule has 116 valence electrons. The number of carboxylic acids is 1. The van der Waals surface area contributed by atoms with E-state index in [0.29, 0.717) is 12.4 Å². The van der Waals surface area contributed by atoms with Crippen LogP contribution in [0.15, 0.2) is 29.2 Å². The summed E-state index contributed by atoms with van der Waals surface area (Å²) in [7, 11) is -3.60. The Hall–Kier alpha value is -1.64. The van der Waals surface area contributed by atoms with Crippen molar-refractivity contribution in [3.05, 3.63) is 24.3 Å². The molecular formula is C13H17NO6S. The normalized spacial score (nSPS) is 18.6. The van der Waals surface area contributed by atoms with Crippen LogP contribution in [0.3, 0.4) is 0 Å². The fourth-order valence-corrected chi connectivity index (χ4v) is 3.02. The fourth-order valence-electron chi connectivity index (χ4n) is 1.95. The van der Waals surface area contributed by atoms with Gasteiger partial charge in [0.1, 0.15) is 5.75 Å². The second-order valence-electron chi connectivity index (χ2n) is 4.64. The number of benzene rings is 1. The van der Waals surface area contributed by atoms with Crippen LogP contribution in [0.1, 0.15) is 12.8 Å². The van der Waals surface area contributed by atoms with Crippen molar-refractivity contribution in [2.75, 3.05) is 19.8 Å². The van der Waals surface area contributed by atoms with Gasteiger partial charge in [0.2, 0.25) is 10.0 Å². The van der Waals surface area contributed by atoms with Crippen LogP contribution in [0, 0.1) is 0 Å². The molecule has 1 saturated heterocycles. The van der Waals surface area contributed by atoms with Crippen molar-refractivity contribution in [2.45, 2.75) is 23.8 Å². The largest absolute Gasteiger partial charge is 0.482 e. The minimum atomic E-state index is -3.60. The molecule has 0 bridgehead atoms. The molecule has 1 unspecified atom stereocenters. The van der Waals surface area contributed by atoms with Crippen molar-refractivity contribution in [2.24, 2.45) is 0 Å². The van der Waals surface area contributed by atoms with Gasteiger partial charge in [0, 0.05) is 13.2 Å². The van der Waals surface area contributed by atoms with Crippen LogP contribution in [0.25, 0.3) is 0 Å². The Morgan fingerprint density at radius 1 is 1.38 bits per heavy atom. The van der Waals surface area contributed by atoms with Gasteiger partial charge < -0.3 is 14.6 Å². The molecule has 0 amide bonds. The average molecular weight is 315 g/mol. The zero-order valence-electron chi connectivity index (χ0n) is 11.3. The first kappa shape index (κ1) is 15.7. The zero-order valence-corrected chi connectivity index (χ0v) is 12.1. The lowest BCUT2D eigenvalue weighted by molar-refractivity contribution is -0.139. The number of sulfonamides is 1. The standard InChI is InChI=1S/C13H17NO6S/c15-13(16)9-20-10-3-5-12(6-4-10)21(17,18)14-8-11-2-1-7-19-11/h3-6,11,14H,1-2,7-9H2,(H,15,16). The molecule has 2 rings (SSSR count). The average Bonchev–Trinajstić information content (AvgIpc) is 2.97. The number of carboxylic acid groups (broad SMARTS) is 1. The van der Waals surface area contributed by atoms with Crippen molar-refractivity contribution < 1.29 is 27.8 Å². The smallest absolute Gasteiger partial charge is 0.341 e. The number of nitrogens with one attached hydrogen (secondary N) is 1. The molecule has 1 fully saturated rings. The van der Waals surface area contributed by atoms with Crippen molar-refractivity contribution >= 4 is 16.0 Å². The molecule has 1 aliphatic rings. The van der Waals surface area contributed by atoms with Gasteiger partial charge in [-0.05, 0) is 37.1 Å². The molecule has 2 N–H and O–H groups in total. The Labute approximate surface area is 122 Å². The topological polar surface area (TPSA) is 102 Å². The zero-order chi connectivity index (χ0) is 15.3. The van der Waals surface area contributed by atoms with Gasteiger partial charge in [-0.15, -0.1) is 0 Å². The summed E-state index contributed by atoms with van der Waals surface area (Å²) in [6, 6.07) is 5.58. The molecule has 1 aromatic rings. The van der Waals surface area contributed by atoms with Crippen LogP contribution >= 0.6 is 0 Å². The first-order chi connectivity index (χ1) is 9.97. The number of aliphatic carboxylic acids is 1. The summed E-state index contributed by atoms with van der Waals surface area (Å²) in [4.78, 5) is 10.5. The maximum absolute atomic E-state index is 12.1. The molecule has 0 radical (unpaired) electrons. The van der Waals surface area contributed by atoms with Crippen molar-refractivity contribution in [1.82, 2.24) is 4.72 Å². The predicted octanol–water partition coefficient (Wildman–Crippen LogP) is 0.607. The van der Waals surface area contributed by atoms with E-state index >= 15 is 0 Å². The minimum absolute atomic E-state index is 0.0713. The van der Waals surface area contributed by atoms with Crippen LogP contribution in [-0.2, 0) is 19.6 Å². The summed E-state index contributed by atoms with van der Waals surface area (Å²) in [5.41, 5.74) is 0. The van der Waals surface area contributed by atoms with Gasteiger partial charge in [0.25, 0.3) is 0 Å². The van der Waals surface area contributed by atoms with Gasteiger partial charge in [0.05, 0.1) is 11.0 Å². The summed E-state index contributed by atoms with van der Waals surface area (Å²) in [5, 5.41) is 8.49. The fraction of sp³-hybridized carbons (Fsp3) is 0.462. The molecule has 1 heterocycles. The SMILES string of the molecule is O=C(O)COc1ccc(S(=O)(=O)NCC2CCCO2)cc1. The van der Waals surface area contributed by atoms with E-state index in [1.165, 1.54) is 24.3 Å². The van der Waals surface area contributed by atoms with Crippen LogP contribution in [0.5, 0.6) is 5.75 Å². The number of rotatable bonds is 7. The monoisotopic (exact) mass is 315 g/mol. The second kappa shape index (κ2) is 6.88. The van der Waals surface area contributed by atoms with Crippen LogP contribution < -0.4 is 9.46 Å². The van der Waals surface area contributed by atoms with Gasteiger partial charge >= 0.3 is 5.97 Å². The van der Waals surface area contributed by atoms with E-state index in [4.69, 9.17) is 14.6 Å². The lowest BCUT2D eigenvalue weighted by Gasteiger charge is -2.11. The summed E-state index contributed by atoms with van der Waals surface area (Å²) in [6.45, 7) is 0.449. The van der Waals surface area contributed by atoms with Crippen LogP contribution in [-0.4, -0.2) is 45.4 Å². The molecule has 21 heavy (non-hydrogen) atoms. The number of carbonyl (C=O) groups is 1. The van der Waals surface area contributed by atoms with Crippen LogP contribution in [0.4, 0.5) is 0 Å². The van der Waals surface area contributed by atoms with Crippen molar-refractivity contribution in [1.29, 1.82) is 0 Å². The molecule has 1 atom stereocenters. The first-order valence-electron chi connectivity index (χ1n) is 6.53. The molecule has 0 spiro atoms. The van der Waals surface area contributed by atoms with E-state index in [-0.39, 0.29) is 17.5 Å². The van der Waals surface area contributed by atoms with E-state index < -0.39 is 22.6 Å². The first-order valence-corrected chi connectivity index (χ1v) is 8.01. The lowest BCUT2D eigenvalue weighted by atomic mass is 10.2. The maximum Gasteiger partial charge on any atom is 0.341 e. The maximum atomic E-state index is 12.1. The number of ether oxygens (including phenoxy) is 2. The quantitative estimate of drug-likeness (QED) is 0.764. The van der Waals surface area contributed by atoms with E-state index in [0.717, 1.165) is 12.8 Å². The summed E-state index contributed by atoms with van der Waals surface area (Å²) in [5.74, 6) is -0.791. The third-order valence-electron chi connectivity index (χ3n) is 3.02. The Bertz CT molecular complexity index is 577. The highest BCUT2D eigenvalue weighted by atomic mass is 32.2. The summed E-state index contributed by atoms with van der Waals surface area (Å²) >= 11 is 0.